The van der Waals surface area contributed by atoms with Crippen molar-refractivity contribution < 1.29 is 23.9 Å². The summed E-state index contributed by atoms with van der Waals surface area (Å²) in [5.74, 6) is -1.79. The van der Waals surface area contributed by atoms with Gasteiger partial charge in [0.05, 0.1) is 19.2 Å². The molecule has 0 aromatic heterocycles. The number of rotatable bonds is 4. The van der Waals surface area contributed by atoms with Gasteiger partial charge >= 0.3 is 23.8 Å². The molecule has 7 nitrogen and oxygen atoms in total. The minimum Gasteiger partial charge on any atom is -0.465 e. The molecule has 0 radical (unpaired) electrons. The van der Waals surface area contributed by atoms with E-state index in [1.165, 1.54) is 7.11 Å². The summed E-state index contributed by atoms with van der Waals surface area (Å²) >= 11 is 0. The van der Waals surface area contributed by atoms with Crippen molar-refractivity contribution in [3.05, 3.63) is 35.4 Å². The van der Waals surface area contributed by atoms with Crippen LogP contribution in [-0.2, 0) is 20.9 Å². The van der Waals surface area contributed by atoms with Crippen LogP contribution in [0.5, 0.6) is 0 Å². The van der Waals surface area contributed by atoms with Gasteiger partial charge in [-0.1, -0.05) is 31.9 Å². The maximum absolute atomic E-state index is 12.7. The zero-order valence-corrected chi connectivity index (χ0v) is 14.9. The predicted octanol–water partition coefficient (Wildman–Crippen LogP) is 2.34. The van der Waals surface area contributed by atoms with Gasteiger partial charge in [-0.3, -0.25) is 19.4 Å². The van der Waals surface area contributed by atoms with E-state index in [9.17, 15) is 19.2 Å². The first kappa shape index (κ1) is 18.1. The molecule has 26 heavy (non-hydrogen) atoms. The van der Waals surface area contributed by atoms with Crippen LogP contribution >= 0.6 is 0 Å². The van der Waals surface area contributed by atoms with Gasteiger partial charge in [0.1, 0.15) is 0 Å². The number of esters is 1. The molecule has 0 N–H and O–H groups in total. The van der Waals surface area contributed by atoms with Crippen molar-refractivity contribution in [3.63, 3.8) is 0 Å². The zero-order chi connectivity index (χ0) is 18.8. The lowest BCUT2D eigenvalue weighted by Gasteiger charge is -2.34. The number of hydrogen-bond acceptors (Lipinski definition) is 5. The van der Waals surface area contributed by atoms with E-state index in [-0.39, 0.29) is 18.5 Å². The Kier molecular flexibility index (Phi) is 5.06. The van der Waals surface area contributed by atoms with Crippen molar-refractivity contribution in [2.45, 2.75) is 45.2 Å². The summed E-state index contributed by atoms with van der Waals surface area (Å²) in [5.41, 5.74) is 1.04. The largest absolute Gasteiger partial charge is 0.465 e. The van der Waals surface area contributed by atoms with Crippen LogP contribution in [0, 0.1) is 5.92 Å². The van der Waals surface area contributed by atoms with E-state index >= 15 is 0 Å². The molecule has 1 aliphatic heterocycles. The van der Waals surface area contributed by atoms with E-state index in [2.05, 4.69) is 4.74 Å². The minimum atomic E-state index is -0.787. The van der Waals surface area contributed by atoms with Crippen LogP contribution in [0.3, 0.4) is 0 Å². The van der Waals surface area contributed by atoms with Crippen molar-refractivity contribution >= 4 is 23.8 Å². The Hall–Kier alpha value is -2.70. The van der Waals surface area contributed by atoms with Gasteiger partial charge in [-0.2, -0.15) is 0 Å². The molecule has 2 fully saturated rings. The second-order valence-corrected chi connectivity index (χ2v) is 6.87. The molecule has 1 aliphatic carbocycles. The quantitative estimate of drug-likeness (QED) is 0.469. The number of amides is 4. The van der Waals surface area contributed by atoms with Crippen molar-refractivity contribution in [3.8, 4) is 0 Å². The third-order valence-electron chi connectivity index (χ3n) is 5.20. The highest BCUT2D eigenvalue weighted by atomic mass is 16.5. The summed E-state index contributed by atoms with van der Waals surface area (Å²) in [7, 11) is 1.30. The van der Waals surface area contributed by atoms with E-state index < -0.39 is 23.8 Å². The van der Waals surface area contributed by atoms with E-state index in [1.54, 1.807) is 24.3 Å². The maximum Gasteiger partial charge on any atom is 0.337 e. The van der Waals surface area contributed by atoms with E-state index in [4.69, 9.17) is 0 Å². The van der Waals surface area contributed by atoms with Gasteiger partial charge in [-0.15, -0.1) is 0 Å². The molecular formula is C19H22N2O5. The highest BCUT2D eigenvalue weighted by Crippen LogP contribution is 2.31. The summed E-state index contributed by atoms with van der Waals surface area (Å²) in [6, 6.07) is 5.66. The summed E-state index contributed by atoms with van der Waals surface area (Å²) in [6.45, 7) is 2.02. The van der Waals surface area contributed by atoms with Gasteiger partial charge in [0.2, 0.25) is 0 Å². The molecule has 2 aliphatic rings. The number of ether oxygens (including phenoxy) is 1. The normalized spacial score (nSPS) is 23.5. The van der Waals surface area contributed by atoms with Crippen LogP contribution < -0.4 is 0 Å². The smallest absolute Gasteiger partial charge is 0.337 e. The molecule has 2 atom stereocenters. The van der Waals surface area contributed by atoms with Crippen molar-refractivity contribution in [1.82, 2.24) is 9.80 Å². The number of imide groups is 2. The van der Waals surface area contributed by atoms with Gasteiger partial charge in [-0.25, -0.2) is 9.59 Å². The SMILES string of the molecule is COC(=O)c1ccc(CN2C(=O)C(=O)N([C@@H]3CCCC[C@@H]3C)C2=O)cc1. The zero-order valence-electron chi connectivity index (χ0n) is 14.9. The standard InChI is InChI=1S/C19H22N2O5/c1-12-5-3-4-6-15(12)21-17(23)16(22)20(19(21)25)11-13-7-9-14(10-8-13)18(24)26-2/h7-10,12,15H,3-6,11H2,1-2H3/t12-,15+/m0/s1. The number of carbonyl (C=O) groups excluding carboxylic acids is 4. The van der Waals surface area contributed by atoms with Crippen LogP contribution in [0.15, 0.2) is 24.3 Å². The van der Waals surface area contributed by atoms with Crippen LogP contribution in [0.1, 0.15) is 48.5 Å². The van der Waals surface area contributed by atoms with Gasteiger partial charge in [0.15, 0.2) is 0 Å². The molecule has 0 spiro atoms. The summed E-state index contributed by atoms with van der Waals surface area (Å²) in [5, 5.41) is 0. The topological polar surface area (TPSA) is 84.0 Å². The second-order valence-electron chi connectivity index (χ2n) is 6.87. The Balaban J connectivity index is 1.76. The lowest BCUT2D eigenvalue weighted by molar-refractivity contribution is -0.144. The van der Waals surface area contributed by atoms with Crippen LogP contribution in [0.4, 0.5) is 4.79 Å². The maximum atomic E-state index is 12.7. The fourth-order valence-corrected chi connectivity index (χ4v) is 3.68. The highest BCUT2D eigenvalue weighted by Gasteiger charge is 2.48. The molecule has 1 aromatic carbocycles. The third kappa shape index (κ3) is 3.21. The van der Waals surface area contributed by atoms with Crippen molar-refractivity contribution in [2.75, 3.05) is 7.11 Å². The number of benzene rings is 1. The summed E-state index contributed by atoms with van der Waals surface area (Å²) in [4.78, 5) is 51.1. The van der Waals surface area contributed by atoms with Gasteiger partial charge in [0, 0.05) is 6.04 Å². The average Bonchev–Trinajstić information content (AvgIpc) is 2.86. The Labute approximate surface area is 151 Å². The van der Waals surface area contributed by atoms with Crippen LogP contribution in [0.25, 0.3) is 0 Å². The summed E-state index contributed by atoms with van der Waals surface area (Å²) in [6.07, 6.45) is 3.73. The lowest BCUT2D eigenvalue weighted by Crippen LogP contribution is -2.46. The Morgan fingerprint density at radius 1 is 1.08 bits per heavy atom. The van der Waals surface area contributed by atoms with Crippen molar-refractivity contribution in [2.24, 2.45) is 5.92 Å². The molecule has 1 saturated heterocycles. The summed E-state index contributed by atoms with van der Waals surface area (Å²) < 4.78 is 4.64. The lowest BCUT2D eigenvalue weighted by atomic mass is 9.85. The Morgan fingerprint density at radius 2 is 1.73 bits per heavy atom. The van der Waals surface area contributed by atoms with Gasteiger partial charge < -0.3 is 4.74 Å². The highest BCUT2D eigenvalue weighted by molar-refractivity contribution is 6.44. The number of carbonyl (C=O) groups is 4. The first-order chi connectivity index (χ1) is 12.4. The third-order valence-corrected chi connectivity index (χ3v) is 5.20. The van der Waals surface area contributed by atoms with Crippen LogP contribution in [0.2, 0.25) is 0 Å². The van der Waals surface area contributed by atoms with E-state index in [1.807, 2.05) is 6.92 Å². The minimum absolute atomic E-state index is 0.00244. The van der Waals surface area contributed by atoms with Crippen LogP contribution in [-0.4, -0.2) is 46.8 Å². The van der Waals surface area contributed by atoms with E-state index in [0.29, 0.717) is 11.1 Å². The second kappa shape index (κ2) is 7.27. The molecule has 0 unspecified atom stereocenters. The number of urea groups is 1. The fraction of sp³-hybridized carbons (Fsp3) is 0.474. The molecule has 138 valence electrons. The number of hydrogen-bond donors (Lipinski definition) is 0. The molecular weight excluding hydrogens is 336 g/mol. The van der Waals surface area contributed by atoms with Gasteiger partial charge in [0.25, 0.3) is 0 Å². The molecule has 4 amide bonds. The molecule has 7 heteroatoms. The molecule has 1 aromatic rings. The molecule has 0 bridgehead atoms. The van der Waals surface area contributed by atoms with Gasteiger partial charge in [-0.05, 0) is 36.5 Å². The monoisotopic (exact) mass is 358 g/mol. The Morgan fingerprint density at radius 3 is 2.35 bits per heavy atom. The van der Waals surface area contributed by atoms with Crippen molar-refractivity contribution in [1.29, 1.82) is 0 Å². The fourth-order valence-electron chi connectivity index (χ4n) is 3.68. The first-order valence-corrected chi connectivity index (χ1v) is 8.80. The first-order valence-electron chi connectivity index (χ1n) is 8.80. The molecule has 1 saturated carbocycles. The van der Waals surface area contributed by atoms with E-state index in [0.717, 1.165) is 35.5 Å². The average molecular weight is 358 g/mol. The number of methoxy groups -OCH3 is 1. The molecule has 3 rings (SSSR count). The number of nitrogens with zero attached hydrogens (tertiary/aromatic N) is 2. The predicted molar refractivity (Wildman–Crippen MR) is 92.0 cm³/mol. The molecule has 1 heterocycles. The Bertz CT molecular complexity index is 743.